The van der Waals surface area contributed by atoms with E-state index in [4.69, 9.17) is 13.9 Å². The van der Waals surface area contributed by atoms with Crippen molar-refractivity contribution in [2.24, 2.45) is 0 Å². The van der Waals surface area contributed by atoms with Crippen molar-refractivity contribution in [3.8, 4) is 0 Å². The highest BCUT2D eigenvalue weighted by atomic mass is 28.4. The van der Waals surface area contributed by atoms with Crippen LogP contribution in [0.5, 0.6) is 0 Å². The molecule has 0 aromatic carbocycles. The minimum atomic E-state index is -1.95. The molecule has 1 aliphatic heterocycles. The number of hydrogen-bond acceptors (Lipinski definition) is 4. The molecule has 140 valence electrons. The molecule has 1 aliphatic rings. The summed E-state index contributed by atoms with van der Waals surface area (Å²) in [5.74, 6) is -0.301. The van der Waals surface area contributed by atoms with Gasteiger partial charge < -0.3 is 13.9 Å². The van der Waals surface area contributed by atoms with Crippen molar-refractivity contribution in [3.63, 3.8) is 0 Å². The van der Waals surface area contributed by atoms with Crippen LogP contribution in [0.1, 0.15) is 65.7 Å². The van der Waals surface area contributed by atoms with E-state index in [9.17, 15) is 4.79 Å². The largest absolute Gasteiger partial charge is 0.462 e. The Bertz CT molecular complexity index is 412. The minimum Gasteiger partial charge on any atom is -0.462 e. The third kappa shape index (κ3) is 5.71. The molecule has 2 atom stereocenters. The van der Waals surface area contributed by atoms with Crippen molar-refractivity contribution in [2.45, 2.75) is 83.5 Å². The summed E-state index contributed by atoms with van der Waals surface area (Å²) in [4.78, 5) is 11.5. The van der Waals surface area contributed by atoms with Crippen LogP contribution < -0.4 is 0 Å². The van der Waals surface area contributed by atoms with Gasteiger partial charge in [-0.3, -0.25) is 0 Å². The Morgan fingerprint density at radius 3 is 2.50 bits per heavy atom. The lowest BCUT2D eigenvalue weighted by Crippen LogP contribution is -2.62. The standard InChI is InChI=1S/C19H36O4Si/c1-6-13-22-19(12-10-15-21-18(20)17(3)4)11-8-9-16-24(19,5)23-14-7-2/h3,6-16H2,1-2,4-5H3. The highest BCUT2D eigenvalue weighted by molar-refractivity contribution is 6.75. The molecule has 1 heterocycles. The Balaban J connectivity index is 2.74. The Labute approximate surface area is 149 Å². The fourth-order valence-electron chi connectivity index (χ4n) is 3.53. The van der Waals surface area contributed by atoms with E-state index >= 15 is 0 Å². The van der Waals surface area contributed by atoms with Crippen LogP contribution in [-0.4, -0.2) is 39.3 Å². The van der Waals surface area contributed by atoms with Crippen LogP contribution in [0, 0.1) is 0 Å². The maximum absolute atomic E-state index is 11.5. The first-order valence-corrected chi connectivity index (χ1v) is 12.1. The maximum Gasteiger partial charge on any atom is 0.333 e. The number of ether oxygens (including phenoxy) is 2. The van der Waals surface area contributed by atoms with E-state index in [0.29, 0.717) is 12.2 Å². The molecular formula is C19H36O4Si. The van der Waals surface area contributed by atoms with Gasteiger partial charge in [0.2, 0.25) is 8.32 Å². The van der Waals surface area contributed by atoms with Crippen molar-refractivity contribution in [3.05, 3.63) is 12.2 Å². The van der Waals surface area contributed by atoms with Crippen molar-refractivity contribution < 1.29 is 18.7 Å². The molecule has 5 heteroatoms. The average Bonchev–Trinajstić information content (AvgIpc) is 2.57. The van der Waals surface area contributed by atoms with Gasteiger partial charge in [0.1, 0.15) is 0 Å². The molecule has 0 radical (unpaired) electrons. The second-order valence-corrected chi connectivity index (χ2v) is 11.3. The van der Waals surface area contributed by atoms with E-state index in [0.717, 1.165) is 45.3 Å². The van der Waals surface area contributed by atoms with Crippen LogP contribution in [0.25, 0.3) is 0 Å². The average molecular weight is 357 g/mol. The van der Waals surface area contributed by atoms with Crippen molar-refractivity contribution in [1.82, 2.24) is 0 Å². The van der Waals surface area contributed by atoms with Crippen LogP contribution in [0.15, 0.2) is 12.2 Å². The van der Waals surface area contributed by atoms with Gasteiger partial charge in [0, 0.05) is 18.8 Å². The third-order valence-corrected chi connectivity index (χ3v) is 9.68. The molecule has 2 unspecified atom stereocenters. The smallest absolute Gasteiger partial charge is 0.333 e. The molecule has 0 aromatic rings. The fourth-order valence-corrected chi connectivity index (χ4v) is 7.79. The molecule has 0 aromatic heterocycles. The van der Waals surface area contributed by atoms with Gasteiger partial charge in [0.15, 0.2) is 0 Å². The number of rotatable bonds is 11. The van der Waals surface area contributed by atoms with Gasteiger partial charge in [0.25, 0.3) is 0 Å². The van der Waals surface area contributed by atoms with Gasteiger partial charge in [-0.05, 0) is 51.6 Å². The first-order chi connectivity index (χ1) is 11.4. The van der Waals surface area contributed by atoms with Gasteiger partial charge in [-0.15, -0.1) is 0 Å². The molecule has 24 heavy (non-hydrogen) atoms. The van der Waals surface area contributed by atoms with Gasteiger partial charge in [-0.1, -0.05) is 33.3 Å². The van der Waals surface area contributed by atoms with E-state index in [1.165, 1.54) is 18.9 Å². The highest BCUT2D eigenvalue weighted by Crippen LogP contribution is 2.43. The summed E-state index contributed by atoms with van der Waals surface area (Å²) in [6.07, 6.45) is 7.33. The summed E-state index contributed by atoms with van der Waals surface area (Å²) in [7, 11) is -1.95. The van der Waals surface area contributed by atoms with Crippen LogP contribution in [0.4, 0.5) is 0 Å². The summed E-state index contributed by atoms with van der Waals surface area (Å²) in [6.45, 7) is 14.0. The number of carbonyl (C=O) groups is 1. The molecule has 0 N–H and O–H groups in total. The summed E-state index contributed by atoms with van der Waals surface area (Å²) in [5.41, 5.74) is 0.454. The molecule has 0 aliphatic carbocycles. The number of esters is 1. The maximum atomic E-state index is 11.5. The van der Waals surface area contributed by atoms with Gasteiger partial charge in [-0.25, -0.2) is 4.79 Å². The van der Waals surface area contributed by atoms with E-state index in [-0.39, 0.29) is 11.2 Å². The van der Waals surface area contributed by atoms with Crippen LogP contribution in [0.2, 0.25) is 12.6 Å². The molecule has 0 spiro atoms. The van der Waals surface area contributed by atoms with Gasteiger partial charge in [-0.2, -0.15) is 0 Å². The first-order valence-electron chi connectivity index (χ1n) is 9.51. The van der Waals surface area contributed by atoms with E-state index < -0.39 is 8.32 Å². The molecule has 1 fully saturated rings. The minimum absolute atomic E-state index is 0.133. The molecule has 0 saturated carbocycles. The van der Waals surface area contributed by atoms with Gasteiger partial charge in [0.05, 0.1) is 11.8 Å². The molecule has 4 nitrogen and oxygen atoms in total. The monoisotopic (exact) mass is 356 g/mol. The van der Waals surface area contributed by atoms with Gasteiger partial charge >= 0.3 is 5.97 Å². The van der Waals surface area contributed by atoms with Crippen molar-refractivity contribution in [1.29, 1.82) is 0 Å². The first kappa shape index (κ1) is 21.4. The Morgan fingerprint density at radius 1 is 1.17 bits per heavy atom. The zero-order chi connectivity index (χ0) is 18.1. The Kier molecular flexibility index (Phi) is 9.24. The Hall–Kier alpha value is -0.653. The highest BCUT2D eigenvalue weighted by Gasteiger charge is 2.53. The van der Waals surface area contributed by atoms with E-state index in [1.54, 1.807) is 6.92 Å². The number of hydrogen-bond donors (Lipinski definition) is 0. The zero-order valence-electron chi connectivity index (χ0n) is 16.1. The van der Waals surface area contributed by atoms with Crippen LogP contribution in [0.3, 0.4) is 0 Å². The summed E-state index contributed by atoms with van der Waals surface area (Å²) in [6, 6.07) is 1.17. The molecule has 0 bridgehead atoms. The van der Waals surface area contributed by atoms with E-state index in [1.807, 2.05) is 0 Å². The summed E-state index contributed by atoms with van der Waals surface area (Å²) < 4.78 is 18.2. The SMILES string of the molecule is C=C(C)C(=O)OCCCC1(OCCC)CCCC[Si]1(C)OCCC. The molecule has 1 rings (SSSR count). The normalized spacial score (nSPS) is 27.0. The topological polar surface area (TPSA) is 44.8 Å². The molecular weight excluding hydrogens is 320 g/mol. The predicted octanol–water partition coefficient (Wildman–Crippen LogP) is 4.78. The second kappa shape index (κ2) is 10.4. The predicted molar refractivity (Wildman–Crippen MR) is 101 cm³/mol. The third-order valence-electron chi connectivity index (χ3n) is 4.96. The lowest BCUT2D eigenvalue weighted by atomic mass is 10.1. The van der Waals surface area contributed by atoms with Crippen molar-refractivity contribution >= 4 is 14.3 Å². The summed E-state index contributed by atoms with van der Waals surface area (Å²) in [5, 5.41) is -0.133. The molecule has 1 saturated heterocycles. The van der Waals surface area contributed by atoms with Crippen LogP contribution in [-0.2, 0) is 18.7 Å². The Morgan fingerprint density at radius 2 is 1.88 bits per heavy atom. The van der Waals surface area contributed by atoms with E-state index in [2.05, 4.69) is 27.0 Å². The number of carbonyl (C=O) groups excluding carboxylic acids is 1. The van der Waals surface area contributed by atoms with Crippen LogP contribution >= 0.6 is 0 Å². The zero-order valence-corrected chi connectivity index (χ0v) is 17.1. The molecule has 0 amide bonds. The van der Waals surface area contributed by atoms with Crippen molar-refractivity contribution in [2.75, 3.05) is 19.8 Å². The fraction of sp³-hybridized carbons (Fsp3) is 0.842. The second-order valence-electron chi connectivity index (χ2n) is 7.15. The lowest BCUT2D eigenvalue weighted by Gasteiger charge is -2.49. The lowest BCUT2D eigenvalue weighted by molar-refractivity contribution is -0.139. The summed E-state index contributed by atoms with van der Waals surface area (Å²) >= 11 is 0. The quantitative estimate of drug-likeness (QED) is 0.231.